The molecule has 1 aliphatic rings. The molecule has 22 nitrogen and oxygen atoms in total. The average molecular weight is 1010 g/mol. The van der Waals surface area contributed by atoms with Gasteiger partial charge in [-0.25, -0.2) is 23.3 Å². The number of aromatic nitrogens is 2. The third-order valence-corrected chi connectivity index (χ3v) is 14.2. The number of nitrogens with one attached hydrogen (secondary N) is 1. The molecular weight excluding hydrogens is 941 g/mol. The van der Waals surface area contributed by atoms with E-state index in [1.54, 1.807) is 0 Å². The second kappa shape index (κ2) is 29.7. The van der Waals surface area contributed by atoms with Crippen LogP contribution in [0.15, 0.2) is 76.5 Å². The Morgan fingerprint density at radius 3 is 1.81 bits per heavy atom. The minimum absolute atomic E-state index is 0. The van der Waals surface area contributed by atoms with E-state index in [0.717, 1.165) is 30.3 Å². The van der Waals surface area contributed by atoms with E-state index in [9.17, 15) is 42.7 Å². The molecule has 376 valence electrons. The monoisotopic (exact) mass is 1010 g/mol. The number of carbonyl (C=O) groups is 2. The van der Waals surface area contributed by atoms with Crippen molar-refractivity contribution in [1.82, 2.24) is 21.9 Å². The minimum atomic E-state index is -5.82. The molecule has 0 saturated carbocycles. The molecule has 1 aliphatic heterocycles. The van der Waals surface area contributed by atoms with Gasteiger partial charge in [-0.3, -0.25) is 32.7 Å². The molecule has 0 aliphatic carbocycles. The Bertz CT molecular complexity index is 2270. The number of nitrogens with zero attached hydrogens (tertiary/aromatic N) is 1. The van der Waals surface area contributed by atoms with Crippen molar-refractivity contribution in [3.05, 3.63) is 104 Å². The Labute approximate surface area is 389 Å². The Balaban J connectivity index is 0.00000771. The smallest absolute Gasteiger partial charge is 0.434 e. The van der Waals surface area contributed by atoms with Gasteiger partial charge in [0.15, 0.2) is 6.23 Å². The second-order valence-electron chi connectivity index (χ2n) is 15.1. The zero-order valence-electron chi connectivity index (χ0n) is 38.2. The Morgan fingerprint density at radius 1 is 0.701 bits per heavy atom. The highest BCUT2D eigenvalue weighted by Gasteiger charge is 2.44. The van der Waals surface area contributed by atoms with Crippen molar-refractivity contribution in [2.45, 2.75) is 130 Å². The number of carbonyl (C=O) groups excluding carboxylic acids is 2. The summed E-state index contributed by atoms with van der Waals surface area (Å²) in [7, 11) is -16.5. The van der Waals surface area contributed by atoms with Gasteiger partial charge in [-0.1, -0.05) is 108 Å². The van der Waals surface area contributed by atoms with Crippen LogP contribution in [-0.4, -0.2) is 50.8 Å². The number of benzene rings is 2. The fraction of sp³-hybridized carbons (Fsp3) is 0.524. The molecule has 5 atom stereocenters. The molecule has 9 N–H and O–H groups in total. The molecule has 1 aromatic heterocycles. The third kappa shape index (κ3) is 22.2. The number of esters is 1. The van der Waals surface area contributed by atoms with Crippen LogP contribution < -0.4 is 33.0 Å². The lowest BCUT2D eigenvalue weighted by Gasteiger charge is -2.22. The summed E-state index contributed by atoms with van der Waals surface area (Å²) in [5.41, 5.74) is -0.539. The molecule has 0 saturated heterocycles. The highest BCUT2D eigenvalue weighted by molar-refractivity contribution is 7.67. The molecule has 0 radical (unpaired) electrons. The molecule has 4 rings (SSSR count). The lowest BCUT2D eigenvalue weighted by Crippen LogP contribution is -2.33. The maximum Gasteiger partial charge on any atom is 0.513 e. The van der Waals surface area contributed by atoms with E-state index in [2.05, 4.69) is 16.2 Å². The van der Waals surface area contributed by atoms with Crippen molar-refractivity contribution in [2.24, 2.45) is 0 Å². The van der Waals surface area contributed by atoms with Gasteiger partial charge < -0.3 is 41.0 Å². The Kier molecular flexibility index (Phi) is 26.2. The summed E-state index contributed by atoms with van der Waals surface area (Å²) in [6.45, 7) is 3.93. The number of phosphoric ester groups is 2. The summed E-state index contributed by atoms with van der Waals surface area (Å²) >= 11 is 0. The SMILES string of the molecule is CCCCCCCCCCCCOC(=O)Oc1ccc(COP(=O)(OCc2ccc(OC(=O)CCCC)cc2)OP(=O)(O)OP(=O)(O)OC[C@@H]2C=C[C@H](n3cc(C)c(=O)[nH]c3=O)O2)cc1.N.N. The van der Waals surface area contributed by atoms with Gasteiger partial charge in [0.1, 0.15) is 17.6 Å². The quantitative estimate of drug-likeness (QED) is 0.0103. The molecule has 25 heteroatoms. The van der Waals surface area contributed by atoms with E-state index < -0.39 is 79.0 Å². The van der Waals surface area contributed by atoms with Crippen molar-refractivity contribution in [3.8, 4) is 11.5 Å². The molecule has 0 fully saturated rings. The molecular formula is C42H65N4O18P3. The zero-order chi connectivity index (χ0) is 47.3. The maximum absolute atomic E-state index is 13.9. The molecule has 0 spiro atoms. The minimum Gasteiger partial charge on any atom is -0.434 e. The van der Waals surface area contributed by atoms with E-state index in [0.29, 0.717) is 24.0 Å². The van der Waals surface area contributed by atoms with Gasteiger partial charge in [0.05, 0.1) is 26.4 Å². The fourth-order valence-electron chi connectivity index (χ4n) is 6.05. The first kappa shape index (κ1) is 59.0. The summed E-state index contributed by atoms with van der Waals surface area (Å²) in [5, 5.41) is 0. The van der Waals surface area contributed by atoms with Crippen molar-refractivity contribution in [1.29, 1.82) is 0 Å². The number of phosphoric acid groups is 3. The van der Waals surface area contributed by atoms with Crippen LogP contribution in [0.3, 0.4) is 0 Å². The lowest BCUT2D eigenvalue weighted by atomic mass is 10.1. The van der Waals surface area contributed by atoms with Crippen molar-refractivity contribution >= 4 is 35.6 Å². The second-order valence-corrected chi connectivity index (χ2v) is 19.9. The normalized spacial score (nSPS) is 17.0. The lowest BCUT2D eigenvalue weighted by molar-refractivity contribution is -0.134. The summed E-state index contributed by atoms with van der Waals surface area (Å²) in [6.07, 6.45) is 14.1. The van der Waals surface area contributed by atoms with E-state index >= 15 is 0 Å². The molecule has 0 amide bonds. The molecule has 2 heterocycles. The number of ether oxygens (including phenoxy) is 4. The van der Waals surface area contributed by atoms with Crippen LogP contribution in [0.25, 0.3) is 0 Å². The number of aryl methyl sites for hydroxylation is 1. The average Bonchev–Trinajstić information content (AvgIpc) is 3.73. The van der Waals surface area contributed by atoms with Gasteiger partial charge >= 0.3 is 41.3 Å². The van der Waals surface area contributed by atoms with Gasteiger partial charge in [0.25, 0.3) is 5.56 Å². The summed E-state index contributed by atoms with van der Waals surface area (Å²) < 4.78 is 87.0. The standard InChI is InChI=1S/C42H59N2O18P3.2H3N/c1-4-6-8-9-10-11-12-13-14-15-27-54-42(48)60-36-23-19-34(20-24-36)30-57-65(53,56-29-33-17-21-35(22-18-33)59-39(45)16-7-5-2)62-64(51,52)61-63(49,50)55-31-37-25-26-38(58-37)44-28-32(3)40(46)43-41(44)47;;/h17-26,28,37-38H,4-16,27,29-31H2,1-3H3,(H,49,50)(H,51,52)(H,43,46,47);2*1H3/t37-,38+,65?;;/m0../s1. The van der Waals surface area contributed by atoms with Gasteiger partial charge in [-0.05, 0) is 61.2 Å². The number of rotatable bonds is 30. The van der Waals surface area contributed by atoms with Crippen LogP contribution in [0.1, 0.15) is 120 Å². The van der Waals surface area contributed by atoms with Crippen LogP contribution in [0.2, 0.25) is 0 Å². The molecule has 67 heavy (non-hydrogen) atoms. The van der Waals surface area contributed by atoms with Crippen LogP contribution in [0, 0.1) is 6.92 Å². The predicted molar refractivity (Wildman–Crippen MR) is 246 cm³/mol. The Morgan fingerprint density at radius 2 is 1.24 bits per heavy atom. The van der Waals surface area contributed by atoms with E-state index in [1.165, 1.54) is 112 Å². The van der Waals surface area contributed by atoms with Crippen LogP contribution in [-0.2, 0) is 63.4 Å². The van der Waals surface area contributed by atoms with Gasteiger partial charge in [0.2, 0.25) is 0 Å². The zero-order valence-corrected chi connectivity index (χ0v) is 40.8. The van der Waals surface area contributed by atoms with Crippen LogP contribution >= 0.6 is 23.5 Å². The summed E-state index contributed by atoms with van der Waals surface area (Å²) in [6, 6.07) is 11.4. The fourth-order valence-corrected chi connectivity index (χ4v) is 10.1. The summed E-state index contributed by atoms with van der Waals surface area (Å²) in [4.78, 5) is 71.3. The number of hydrogen-bond acceptors (Lipinski definition) is 18. The first-order valence-corrected chi connectivity index (χ1v) is 25.9. The van der Waals surface area contributed by atoms with Gasteiger partial charge in [-0.15, -0.1) is 0 Å². The molecule has 2 aromatic carbocycles. The highest BCUT2D eigenvalue weighted by atomic mass is 31.3. The number of unbranched alkanes of at least 4 members (excludes halogenated alkanes) is 10. The van der Waals surface area contributed by atoms with E-state index in [4.69, 9.17) is 36.8 Å². The van der Waals surface area contributed by atoms with Crippen molar-refractivity contribution in [2.75, 3.05) is 13.2 Å². The van der Waals surface area contributed by atoms with Crippen molar-refractivity contribution in [3.63, 3.8) is 0 Å². The van der Waals surface area contributed by atoms with Crippen molar-refractivity contribution < 1.29 is 74.2 Å². The Hall–Kier alpha value is -4.11. The molecule has 3 aromatic rings. The largest absolute Gasteiger partial charge is 0.513 e. The summed E-state index contributed by atoms with van der Waals surface area (Å²) in [5.74, 6) is -0.0839. The highest BCUT2D eigenvalue weighted by Crippen LogP contribution is 2.69. The number of aromatic amines is 1. The number of hydrogen-bond donors (Lipinski definition) is 5. The predicted octanol–water partition coefficient (Wildman–Crippen LogP) is 9.95. The van der Waals surface area contributed by atoms with Gasteiger partial charge in [-0.2, -0.15) is 8.62 Å². The third-order valence-electron chi connectivity index (χ3n) is 9.55. The van der Waals surface area contributed by atoms with Crippen LogP contribution in [0.5, 0.6) is 11.5 Å². The first-order chi connectivity index (χ1) is 31.0. The van der Waals surface area contributed by atoms with E-state index in [1.807, 2.05) is 6.92 Å². The maximum atomic E-state index is 13.9. The number of H-pyrrole nitrogens is 1. The van der Waals surface area contributed by atoms with Crippen LogP contribution in [0.4, 0.5) is 4.79 Å². The topological polar surface area (TPSA) is 334 Å². The first-order valence-electron chi connectivity index (χ1n) is 21.5. The molecule has 3 unspecified atom stereocenters. The van der Waals surface area contributed by atoms with Gasteiger partial charge in [0, 0.05) is 18.2 Å². The van der Waals surface area contributed by atoms with E-state index in [-0.39, 0.29) is 42.4 Å². The molecule has 0 bridgehead atoms.